The Bertz CT molecular complexity index is 612. The molecule has 0 aliphatic heterocycles. The maximum absolute atomic E-state index is 5.40. The van der Waals surface area contributed by atoms with E-state index in [9.17, 15) is 0 Å². The number of likely N-dealkylation sites (N-methyl/N-ethyl adjacent to an activating group) is 1. The van der Waals surface area contributed by atoms with E-state index in [0.717, 1.165) is 25.3 Å². The predicted octanol–water partition coefficient (Wildman–Crippen LogP) is 1.65. The number of nitrogens with one attached hydrogen (secondary N) is 3. The Kier molecular flexibility index (Phi) is 7.49. The first-order valence-corrected chi connectivity index (χ1v) is 9.37. The number of benzene rings is 1. The lowest BCUT2D eigenvalue weighted by atomic mass is 10.1. The molecule has 2 aromatic rings. The fraction of sp³-hybridized carbons (Fsp3) is 0.389. The Morgan fingerprint density at radius 1 is 1.21 bits per heavy atom. The lowest BCUT2D eigenvalue weighted by Gasteiger charge is -2.21. The van der Waals surface area contributed by atoms with Gasteiger partial charge in [-0.05, 0) is 47.8 Å². The van der Waals surface area contributed by atoms with Crippen molar-refractivity contribution in [1.82, 2.24) is 10.6 Å². The van der Waals surface area contributed by atoms with Gasteiger partial charge in [0, 0.05) is 6.54 Å². The van der Waals surface area contributed by atoms with E-state index in [-0.39, 0.29) is 0 Å². The Morgan fingerprint density at radius 3 is 2.54 bits per heavy atom. The van der Waals surface area contributed by atoms with Gasteiger partial charge in [0.05, 0.1) is 32.6 Å². The molecule has 0 saturated carbocycles. The summed E-state index contributed by atoms with van der Waals surface area (Å²) in [7, 11) is 6.03. The van der Waals surface area contributed by atoms with Crippen molar-refractivity contribution < 1.29 is 9.64 Å². The van der Waals surface area contributed by atoms with Crippen LogP contribution in [0.3, 0.4) is 0 Å². The fourth-order valence-electron chi connectivity index (χ4n) is 2.45. The molecule has 0 fully saturated rings. The standard InChI is InChI=1S/C18H25N3OS2/c1-21(2)16(17-5-4-12-24-17)13-20-18(23)19-11-10-14-6-8-15(22-3)9-7-14/h4-9,12,16H,10-11,13H2,1-3H3,(H2,19,20,23)/p+1/t16-/m0/s1. The average Bonchev–Trinajstić information content (AvgIpc) is 3.09. The normalized spacial score (nSPS) is 12.0. The van der Waals surface area contributed by atoms with Crippen molar-refractivity contribution in [3.63, 3.8) is 0 Å². The van der Waals surface area contributed by atoms with Crippen LogP contribution in [0.1, 0.15) is 16.5 Å². The van der Waals surface area contributed by atoms with E-state index in [4.69, 9.17) is 17.0 Å². The second-order valence-electron chi connectivity index (χ2n) is 5.88. The first-order chi connectivity index (χ1) is 11.6. The van der Waals surface area contributed by atoms with Crippen LogP contribution < -0.4 is 20.3 Å². The molecule has 1 heterocycles. The highest BCUT2D eigenvalue weighted by Crippen LogP contribution is 2.15. The van der Waals surface area contributed by atoms with Gasteiger partial charge in [0.2, 0.25) is 0 Å². The molecule has 0 aliphatic carbocycles. The second-order valence-corrected chi connectivity index (χ2v) is 7.27. The molecular formula is C18H26N3OS2+. The van der Waals surface area contributed by atoms with Crippen molar-refractivity contribution in [2.45, 2.75) is 12.5 Å². The molecule has 0 saturated heterocycles. The molecule has 0 radical (unpaired) electrons. The molecule has 4 nitrogen and oxygen atoms in total. The van der Waals surface area contributed by atoms with E-state index in [1.807, 2.05) is 12.1 Å². The molecule has 24 heavy (non-hydrogen) atoms. The van der Waals surface area contributed by atoms with Crippen molar-refractivity contribution in [2.75, 3.05) is 34.3 Å². The molecule has 2 rings (SSSR count). The second kappa shape index (κ2) is 9.61. The summed E-state index contributed by atoms with van der Waals surface area (Å²) in [6.45, 7) is 1.65. The van der Waals surface area contributed by atoms with E-state index >= 15 is 0 Å². The van der Waals surface area contributed by atoms with E-state index in [2.05, 4.69) is 54.4 Å². The zero-order chi connectivity index (χ0) is 17.4. The highest BCUT2D eigenvalue weighted by atomic mass is 32.1. The quantitative estimate of drug-likeness (QED) is 0.623. The van der Waals surface area contributed by atoms with Crippen LogP contribution in [-0.4, -0.2) is 39.4 Å². The summed E-state index contributed by atoms with van der Waals surface area (Å²) in [5.41, 5.74) is 1.26. The summed E-state index contributed by atoms with van der Waals surface area (Å²) >= 11 is 7.19. The highest BCUT2D eigenvalue weighted by Gasteiger charge is 2.18. The molecule has 1 aromatic carbocycles. The van der Waals surface area contributed by atoms with Gasteiger partial charge in [0.15, 0.2) is 5.11 Å². The van der Waals surface area contributed by atoms with E-state index in [0.29, 0.717) is 11.2 Å². The lowest BCUT2D eigenvalue weighted by Crippen LogP contribution is -3.06. The number of thiocarbonyl (C=S) groups is 1. The summed E-state index contributed by atoms with van der Waals surface area (Å²) < 4.78 is 5.17. The molecule has 130 valence electrons. The van der Waals surface area contributed by atoms with Crippen LogP contribution in [0.5, 0.6) is 5.75 Å². The topological polar surface area (TPSA) is 37.7 Å². The minimum Gasteiger partial charge on any atom is -0.497 e. The van der Waals surface area contributed by atoms with Gasteiger partial charge < -0.3 is 20.3 Å². The van der Waals surface area contributed by atoms with Gasteiger partial charge in [0.25, 0.3) is 0 Å². The molecule has 1 atom stereocenters. The third-order valence-electron chi connectivity index (χ3n) is 3.91. The molecule has 0 spiro atoms. The van der Waals surface area contributed by atoms with Crippen LogP contribution in [-0.2, 0) is 6.42 Å². The Labute approximate surface area is 153 Å². The number of thiophene rings is 1. The molecular weight excluding hydrogens is 338 g/mol. The number of ether oxygens (including phenoxy) is 1. The summed E-state index contributed by atoms with van der Waals surface area (Å²) in [5.74, 6) is 0.884. The molecule has 6 heteroatoms. The molecule has 0 bridgehead atoms. The van der Waals surface area contributed by atoms with Crippen molar-refractivity contribution in [1.29, 1.82) is 0 Å². The number of hydrogen-bond donors (Lipinski definition) is 3. The van der Waals surface area contributed by atoms with E-state index in [1.54, 1.807) is 18.4 Å². The summed E-state index contributed by atoms with van der Waals surface area (Å²) in [4.78, 5) is 2.77. The summed E-state index contributed by atoms with van der Waals surface area (Å²) in [6, 6.07) is 12.8. The van der Waals surface area contributed by atoms with Gasteiger partial charge in [-0.3, -0.25) is 0 Å². The fourth-order valence-corrected chi connectivity index (χ4v) is 3.59. The third kappa shape index (κ3) is 5.78. The van der Waals surface area contributed by atoms with Crippen LogP contribution >= 0.6 is 23.6 Å². The zero-order valence-electron chi connectivity index (χ0n) is 14.5. The number of methoxy groups -OCH3 is 1. The van der Waals surface area contributed by atoms with Crippen LogP contribution in [0.15, 0.2) is 41.8 Å². The van der Waals surface area contributed by atoms with Crippen LogP contribution in [0, 0.1) is 0 Å². The predicted molar refractivity (Wildman–Crippen MR) is 105 cm³/mol. The lowest BCUT2D eigenvalue weighted by molar-refractivity contribution is -0.890. The third-order valence-corrected chi connectivity index (χ3v) is 5.18. The van der Waals surface area contributed by atoms with Crippen LogP contribution in [0.25, 0.3) is 0 Å². The minimum absolute atomic E-state index is 0.409. The average molecular weight is 365 g/mol. The SMILES string of the molecule is COc1ccc(CCNC(=S)NC[C@@H](c2cccs2)[NH+](C)C)cc1. The van der Waals surface area contributed by atoms with Crippen molar-refractivity contribution in [3.8, 4) is 5.75 Å². The minimum atomic E-state index is 0.409. The Hall–Kier alpha value is -1.63. The van der Waals surface area contributed by atoms with Gasteiger partial charge in [-0.1, -0.05) is 18.2 Å². The largest absolute Gasteiger partial charge is 0.497 e. The van der Waals surface area contributed by atoms with Gasteiger partial charge in [0.1, 0.15) is 11.8 Å². The molecule has 1 aromatic heterocycles. The Morgan fingerprint density at radius 2 is 1.96 bits per heavy atom. The molecule has 0 amide bonds. The summed E-state index contributed by atoms with van der Waals surface area (Å²) in [6.07, 6.45) is 0.930. The first-order valence-electron chi connectivity index (χ1n) is 8.08. The maximum Gasteiger partial charge on any atom is 0.166 e. The van der Waals surface area contributed by atoms with Crippen LogP contribution in [0.2, 0.25) is 0 Å². The first kappa shape index (κ1) is 18.7. The maximum atomic E-state index is 5.40. The number of rotatable bonds is 8. The number of hydrogen-bond acceptors (Lipinski definition) is 3. The van der Waals surface area contributed by atoms with Gasteiger partial charge in [-0.15, -0.1) is 11.3 Å². The van der Waals surface area contributed by atoms with E-state index < -0.39 is 0 Å². The monoisotopic (exact) mass is 364 g/mol. The molecule has 0 unspecified atom stereocenters. The van der Waals surface area contributed by atoms with Gasteiger partial charge in [-0.2, -0.15) is 0 Å². The van der Waals surface area contributed by atoms with Crippen molar-refractivity contribution in [3.05, 3.63) is 52.2 Å². The smallest absolute Gasteiger partial charge is 0.166 e. The van der Waals surface area contributed by atoms with Crippen molar-refractivity contribution in [2.24, 2.45) is 0 Å². The van der Waals surface area contributed by atoms with Crippen molar-refractivity contribution >= 4 is 28.7 Å². The zero-order valence-corrected chi connectivity index (χ0v) is 16.1. The van der Waals surface area contributed by atoms with Gasteiger partial charge in [-0.25, -0.2) is 0 Å². The number of quaternary nitrogens is 1. The Balaban J connectivity index is 1.72. The molecule has 3 N–H and O–H groups in total. The van der Waals surface area contributed by atoms with Crippen LogP contribution in [0.4, 0.5) is 0 Å². The van der Waals surface area contributed by atoms with Gasteiger partial charge >= 0.3 is 0 Å². The highest BCUT2D eigenvalue weighted by molar-refractivity contribution is 7.80. The summed E-state index contributed by atoms with van der Waals surface area (Å²) in [5, 5.41) is 9.46. The molecule has 0 aliphatic rings. The van der Waals surface area contributed by atoms with E-state index in [1.165, 1.54) is 15.3 Å².